The highest BCUT2D eigenvalue weighted by Crippen LogP contribution is 2.19. The molecule has 0 aliphatic heterocycles. The summed E-state index contributed by atoms with van der Waals surface area (Å²) in [6.45, 7) is 1.86. The molecule has 0 aliphatic rings. The van der Waals surface area contributed by atoms with Crippen LogP contribution >= 0.6 is 15.9 Å². The second kappa shape index (κ2) is 3.32. The first-order chi connectivity index (χ1) is 6.72. The summed E-state index contributed by atoms with van der Waals surface area (Å²) >= 11 is 3.36. The lowest BCUT2D eigenvalue weighted by Crippen LogP contribution is -1.86. The molecule has 2 aromatic rings. The fraction of sp³-hybridized carbons (Fsp3) is 0.125. The van der Waals surface area contributed by atoms with Crippen LogP contribution in [-0.4, -0.2) is 20.4 Å². The monoisotopic (exact) mass is 252 g/mol. The Labute approximate surface area is 87.6 Å². The van der Waals surface area contributed by atoms with Gasteiger partial charge in [0.25, 0.3) is 0 Å². The van der Waals surface area contributed by atoms with Gasteiger partial charge in [0, 0.05) is 6.20 Å². The Bertz CT molecular complexity index is 542. The lowest BCUT2D eigenvalue weighted by Gasteiger charge is -1.94. The fourth-order valence-electron chi connectivity index (χ4n) is 1.12. The molecule has 0 spiro atoms. The topological polar surface area (TPSA) is 59.6 Å². The number of imidazole rings is 1. The summed E-state index contributed by atoms with van der Waals surface area (Å²) in [5.41, 5.74) is 1.29. The highest BCUT2D eigenvalue weighted by atomic mass is 79.9. The molecule has 2 heterocycles. The number of rotatable bonds is 1. The van der Waals surface area contributed by atoms with Crippen molar-refractivity contribution in [1.29, 1.82) is 0 Å². The number of halogens is 1. The van der Waals surface area contributed by atoms with Crippen LogP contribution in [0.15, 0.2) is 22.0 Å². The van der Waals surface area contributed by atoms with Gasteiger partial charge in [-0.1, -0.05) is 0 Å². The number of isocyanates is 1. The van der Waals surface area contributed by atoms with E-state index in [-0.39, 0.29) is 0 Å². The predicted octanol–water partition coefficient (Wildman–Crippen LogP) is 1.77. The molecular formula is C8H5BrN4O. The van der Waals surface area contributed by atoms with Crippen molar-refractivity contribution in [1.82, 2.24) is 14.4 Å². The van der Waals surface area contributed by atoms with Crippen LogP contribution in [0.25, 0.3) is 5.78 Å². The Balaban J connectivity index is 2.75. The van der Waals surface area contributed by atoms with Crippen LogP contribution < -0.4 is 0 Å². The molecule has 0 fully saturated rings. The molecule has 14 heavy (non-hydrogen) atoms. The van der Waals surface area contributed by atoms with Crippen molar-refractivity contribution in [2.24, 2.45) is 4.99 Å². The van der Waals surface area contributed by atoms with E-state index in [2.05, 4.69) is 30.9 Å². The smallest absolute Gasteiger partial charge is 0.240 e. The zero-order valence-corrected chi connectivity index (χ0v) is 8.82. The Morgan fingerprint density at radius 3 is 3.14 bits per heavy atom. The van der Waals surface area contributed by atoms with E-state index in [0.29, 0.717) is 11.5 Å². The van der Waals surface area contributed by atoms with Crippen LogP contribution in [-0.2, 0) is 4.79 Å². The largest absolute Gasteiger partial charge is 0.276 e. The summed E-state index contributed by atoms with van der Waals surface area (Å²) < 4.78 is 2.52. The predicted molar refractivity (Wildman–Crippen MR) is 53.2 cm³/mol. The summed E-state index contributed by atoms with van der Waals surface area (Å²) in [5.74, 6) is 0.569. The molecule has 2 aromatic heterocycles. The lowest BCUT2D eigenvalue weighted by molar-refractivity contribution is 0.565. The van der Waals surface area contributed by atoms with Crippen molar-refractivity contribution in [2.75, 3.05) is 0 Å². The minimum atomic E-state index is 0.450. The SMILES string of the molecule is Cc1nc2ncc(N=C=O)cn2c1Br. The minimum absolute atomic E-state index is 0.450. The maximum atomic E-state index is 10.0. The average molecular weight is 253 g/mol. The maximum absolute atomic E-state index is 10.0. The van der Waals surface area contributed by atoms with Crippen LogP contribution in [0.4, 0.5) is 5.69 Å². The zero-order chi connectivity index (χ0) is 10.1. The summed E-state index contributed by atoms with van der Waals surface area (Å²) in [7, 11) is 0. The normalized spacial score (nSPS) is 10.1. The van der Waals surface area contributed by atoms with Crippen LogP contribution in [0.3, 0.4) is 0 Å². The van der Waals surface area contributed by atoms with Crippen LogP contribution in [0.2, 0.25) is 0 Å². The zero-order valence-electron chi connectivity index (χ0n) is 7.23. The van der Waals surface area contributed by atoms with E-state index in [1.807, 2.05) is 6.92 Å². The number of nitrogens with zero attached hydrogens (tertiary/aromatic N) is 4. The van der Waals surface area contributed by atoms with Gasteiger partial charge in [0.1, 0.15) is 10.3 Å². The van der Waals surface area contributed by atoms with Crippen LogP contribution in [0.1, 0.15) is 5.69 Å². The molecule has 0 N–H and O–H groups in total. The maximum Gasteiger partial charge on any atom is 0.240 e. The number of hydrogen-bond donors (Lipinski definition) is 0. The molecule has 0 saturated heterocycles. The summed E-state index contributed by atoms with van der Waals surface area (Å²) in [6, 6.07) is 0. The molecule has 0 unspecified atom stereocenters. The van der Waals surface area contributed by atoms with Crippen molar-refractivity contribution in [3.63, 3.8) is 0 Å². The van der Waals surface area contributed by atoms with Crippen LogP contribution in [0.5, 0.6) is 0 Å². The van der Waals surface area contributed by atoms with E-state index in [4.69, 9.17) is 0 Å². The Morgan fingerprint density at radius 1 is 1.64 bits per heavy atom. The van der Waals surface area contributed by atoms with E-state index in [1.165, 1.54) is 12.3 Å². The summed E-state index contributed by atoms with van der Waals surface area (Å²) in [6.07, 6.45) is 4.60. The van der Waals surface area contributed by atoms with E-state index < -0.39 is 0 Å². The van der Waals surface area contributed by atoms with Crippen molar-refractivity contribution in [3.05, 3.63) is 22.7 Å². The molecular weight excluding hydrogens is 248 g/mol. The molecule has 0 aliphatic carbocycles. The summed E-state index contributed by atoms with van der Waals surface area (Å²) in [5, 5.41) is 0. The molecule has 5 nitrogen and oxygen atoms in total. The molecule has 0 amide bonds. The number of aliphatic imine (C=N–C) groups is 1. The fourth-order valence-corrected chi connectivity index (χ4v) is 1.47. The molecule has 0 aromatic carbocycles. The third kappa shape index (κ3) is 1.34. The van der Waals surface area contributed by atoms with Gasteiger partial charge in [-0.2, -0.15) is 4.99 Å². The number of fused-ring (bicyclic) bond motifs is 1. The molecule has 0 saturated carbocycles. The van der Waals surface area contributed by atoms with E-state index in [1.54, 1.807) is 10.6 Å². The second-order valence-corrected chi connectivity index (χ2v) is 3.42. The Morgan fingerprint density at radius 2 is 2.43 bits per heavy atom. The van der Waals surface area contributed by atoms with E-state index in [0.717, 1.165) is 10.3 Å². The third-order valence-electron chi connectivity index (χ3n) is 1.74. The van der Waals surface area contributed by atoms with Gasteiger partial charge in [-0.15, -0.1) is 0 Å². The lowest BCUT2D eigenvalue weighted by atomic mass is 10.5. The van der Waals surface area contributed by atoms with Crippen molar-refractivity contribution in [3.8, 4) is 0 Å². The Kier molecular flexibility index (Phi) is 2.15. The standard InChI is InChI=1S/C8H5BrN4O/c1-5-7(9)13-3-6(11-4-14)2-10-8(13)12-5/h2-3H,1H3. The van der Waals surface area contributed by atoms with Gasteiger partial charge in [0.15, 0.2) is 0 Å². The van der Waals surface area contributed by atoms with E-state index >= 15 is 0 Å². The first-order valence-corrected chi connectivity index (χ1v) is 4.60. The highest BCUT2D eigenvalue weighted by Gasteiger charge is 2.06. The molecule has 70 valence electrons. The second-order valence-electron chi connectivity index (χ2n) is 2.67. The van der Waals surface area contributed by atoms with E-state index in [9.17, 15) is 4.79 Å². The van der Waals surface area contributed by atoms with Crippen molar-refractivity contribution >= 4 is 33.5 Å². The molecule has 0 bridgehead atoms. The minimum Gasteiger partial charge on any atom is -0.276 e. The summed E-state index contributed by atoms with van der Waals surface area (Å²) in [4.78, 5) is 21.7. The number of aryl methyl sites for hydroxylation is 1. The highest BCUT2D eigenvalue weighted by molar-refractivity contribution is 9.10. The third-order valence-corrected chi connectivity index (χ3v) is 2.70. The molecule has 0 atom stereocenters. The van der Waals surface area contributed by atoms with Crippen molar-refractivity contribution < 1.29 is 4.79 Å². The molecule has 6 heteroatoms. The number of carbonyl (C=O) groups excluding carboxylic acids is 1. The van der Waals surface area contributed by atoms with Gasteiger partial charge in [-0.05, 0) is 22.9 Å². The Hall–Kier alpha value is -1.52. The molecule has 2 rings (SSSR count). The first kappa shape index (κ1) is 9.05. The van der Waals surface area contributed by atoms with Crippen molar-refractivity contribution in [2.45, 2.75) is 6.92 Å². The van der Waals surface area contributed by atoms with Gasteiger partial charge in [0.2, 0.25) is 11.9 Å². The van der Waals surface area contributed by atoms with Gasteiger partial charge in [-0.25, -0.2) is 14.8 Å². The quantitative estimate of drug-likeness (QED) is 0.574. The number of aromatic nitrogens is 3. The number of hydrogen-bond acceptors (Lipinski definition) is 4. The van der Waals surface area contributed by atoms with Gasteiger partial charge in [-0.3, -0.25) is 4.40 Å². The van der Waals surface area contributed by atoms with Crippen LogP contribution in [0, 0.1) is 6.92 Å². The molecule has 0 radical (unpaired) electrons. The average Bonchev–Trinajstić information content (AvgIpc) is 2.45. The first-order valence-electron chi connectivity index (χ1n) is 3.80. The van der Waals surface area contributed by atoms with Gasteiger partial charge < -0.3 is 0 Å². The van der Waals surface area contributed by atoms with Gasteiger partial charge >= 0.3 is 0 Å². The van der Waals surface area contributed by atoms with Gasteiger partial charge in [0.05, 0.1) is 11.9 Å².